The molecule has 2 rings (SSSR count). The van der Waals surface area contributed by atoms with E-state index < -0.39 is 12.0 Å². The van der Waals surface area contributed by atoms with Crippen LogP contribution in [0.5, 0.6) is 5.75 Å². The Labute approximate surface area is 108 Å². The van der Waals surface area contributed by atoms with Crippen molar-refractivity contribution in [3.8, 4) is 5.75 Å². The molecule has 0 aliphatic heterocycles. The molecule has 1 aliphatic rings. The number of benzene rings is 1. The highest BCUT2D eigenvalue weighted by atomic mass is 79.9. The Kier molecular flexibility index (Phi) is 3.40. The number of aliphatic carboxylic acids is 1. The summed E-state index contributed by atoms with van der Waals surface area (Å²) >= 11 is 3.49. The van der Waals surface area contributed by atoms with Gasteiger partial charge >= 0.3 is 5.97 Å². The minimum atomic E-state index is -1.05. The number of nitrogens with two attached hydrogens (primary N) is 1. The Morgan fingerprint density at radius 3 is 2.88 bits per heavy atom. The zero-order valence-electron chi connectivity index (χ0n) is 9.50. The fraction of sp³-hybridized carbons (Fsp3) is 0.417. The standard InChI is InChI=1S/C12H14BrNO3/c1-17-11-8(10(14)12(15)16)5-6-3-2-4-7(6)9(11)13/h5,10H,2-4,14H2,1H3,(H,15,16). The molecule has 0 spiro atoms. The lowest BCUT2D eigenvalue weighted by Crippen LogP contribution is -2.21. The van der Waals surface area contributed by atoms with Crippen molar-refractivity contribution in [1.82, 2.24) is 0 Å². The molecule has 0 saturated carbocycles. The number of halogens is 1. The summed E-state index contributed by atoms with van der Waals surface area (Å²) in [5, 5.41) is 9.00. The average Bonchev–Trinajstić information content (AvgIpc) is 2.76. The second-order valence-electron chi connectivity index (χ2n) is 4.12. The first-order chi connectivity index (χ1) is 8.06. The largest absolute Gasteiger partial charge is 0.495 e. The van der Waals surface area contributed by atoms with E-state index in [9.17, 15) is 4.79 Å². The highest BCUT2D eigenvalue weighted by Crippen LogP contribution is 2.40. The molecule has 17 heavy (non-hydrogen) atoms. The zero-order chi connectivity index (χ0) is 12.6. The van der Waals surface area contributed by atoms with Crippen LogP contribution in [0.1, 0.15) is 29.2 Å². The van der Waals surface area contributed by atoms with Gasteiger partial charge in [-0.3, -0.25) is 4.79 Å². The van der Waals surface area contributed by atoms with Gasteiger partial charge in [0, 0.05) is 5.56 Å². The third-order valence-corrected chi connectivity index (χ3v) is 3.96. The van der Waals surface area contributed by atoms with Crippen LogP contribution in [0.4, 0.5) is 0 Å². The Bertz CT molecular complexity index is 473. The summed E-state index contributed by atoms with van der Waals surface area (Å²) in [5.41, 5.74) is 8.59. The van der Waals surface area contributed by atoms with Crippen LogP contribution >= 0.6 is 15.9 Å². The van der Waals surface area contributed by atoms with E-state index in [4.69, 9.17) is 15.6 Å². The van der Waals surface area contributed by atoms with E-state index in [0.29, 0.717) is 11.3 Å². The van der Waals surface area contributed by atoms with Crippen LogP contribution in [0.25, 0.3) is 0 Å². The van der Waals surface area contributed by atoms with Crippen molar-refractivity contribution in [3.63, 3.8) is 0 Å². The van der Waals surface area contributed by atoms with Crippen molar-refractivity contribution in [2.45, 2.75) is 25.3 Å². The fourth-order valence-electron chi connectivity index (χ4n) is 2.27. The number of carboxylic acids is 1. The third kappa shape index (κ3) is 2.05. The maximum absolute atomic E-state index is 11.0. The van der Waals surface area contributed by atoms with Gasteiger partial charge in [0.15, 0.2) is 0 Å². The summed E-state index contributed by atoms with van der Waals surface area (Å²) in [6, 6.07) is 0.817. The van der Waals surface area contributed by atoms with Gasteiger partial charge in [-0.2, -0.15) is 0 Å². The minimum Gasteiger partial charge on any atom is -0.495 e. The molecule has 1 unspecified atom stereocenters. The molecule has 0 fully saturated rings. The summed E-state index contributed by atoms with van der Waals surface area (Å²) in [6.07, 6.45) is 3.05. The fourth-order valence-corrected chi connectivity index (χ4v) is 3.11. The van der Waals surface area contributed by atoms with Crippen molar-refractivity contribution >= 4 is 21.9 Å². The molecule has 3 N–H and O–H groups in total. The van der Waals surface area contributed by atoms with Crippen LogP contribution in [0.3, 0.4) is 0 Å². The first-order valence-corrected chi connectivity index (χ1v) is 6.22. The summed E-state index contributed by atoms with van der Waals surface area (Å²) < 4.78 is 6.13. The number of rotatable bonds is 3. The van der Waals surface area contributed by atoms with Gasteiger partial charge in [0.25, 0.3) is 0 Å². The Balaban J connectivity index is 2.59. The van der Waals surface area contributed by atoms with E-state index >= 15 is 0 Å². The Hall–Kier alpha value is -1.07. The highest BCUT2D eigenvalue weighted by molar-refractivity contribution is 9.10. The molecular formula is C12H14BrNO3. The predicted octanol–water partition coefficient (Wildman–Crippen LogP) is 2.03. The molecule has 0 amide bonds. The van der Waals surface area contributed by atoms with Crippen molar-refractivity contribution in [2.75, 3.05) is 7.11 Å². The summed E-state index contributed by atoms with van der Waals surface area (Å²) in [5.74, 6) is -0.506. The number of fused-ring (bicyclic) bond motifs is 1. The van der Waals surface area contributed by atoms with Crippen LogP contribution in [-0.4, -0.2) is 18.2 Å². The molecule has 1 aromatic carbocycles. The average molecular weight is 300 g/mol. The smallest absolute Gasteiger partial charge is 0.325 e. The Morgan fingerprint density at radius 2 is 2.29 bits per heavy atom. The zero-order valence-corrected chi connectivity index (χ0v) is 11.1. The summed E-state index contributed by atoms with van der Waals surface area (Å²) in [7, 11) is 1.53. The normalized spacial score (nSPS) is 15.5. The van der Waals surface area contributed by atoms with Crippen molar-refractivity contribution in [1.29, 1.82) is 0 Å². The predicted molar refractivity (Wildman–Crippen MR) is 67.3 cm³/mol. The molecule has 1 aliphatic carbocycles. The molecule has 0 radical (unpaired) electrons. The minimum absolute atomic E-state index is 0.535. The molecule has 5 heteroatoms. The molecule has 0 aromatic heterocycles. The van der Waals surface area contributed by atoms with Crippen molar-refractivity contribution in [3.05, 3.63) is 27.2 Å². The molecule has 92 valence electrons. The van der Waals surface area contributed by atoms with Gasteiger partial charge in [0.05, 0.1) is 11.6 Å². The molecule has 0 bridgehead atoms. The van der Waals surface area contributed by atoms with Crippen LogP contribution in [0.2, 0.25) is 0 Å². The topological polar surface area (TPSA) is 72.5 Å². The monoisotopic (exact) mass is 299 g/mol. The lowest BCUT2D eigenvalue weighted by atomic mass is 10.00. The SMILES string of the molecule is COc1c(C(N)C(=O)O)cc2c(c1Br)CCC2. The Morgan fingerprint density at radius 1 is 1.59 bits per heavy atom. The maximum atomic E-state index is 11.0. The molecule has 1 aromatic rings. The number of hydrogen-bond donors (Lipinski definition) is 2. The molecule has 4 nitrogen and oxygen atoms in total. The van der Waals surface area contributed by atoms with E-state index in [1.807, 2.05) is 6.07 Å². The highest BCUT2D eigenvalue weighted by Gasteiger charge is 2.26. The summed E-state index contributed by atoms with van der Waals surface area (Å²) in [6.45, 7) is 0. The van der Waals surface area contributed by atoms with E-state index in [1.54, 1.807) is 0 Å². The number of aryl methyl sites for hydroxylation is 1. The lowest BCUT2D eigenvalue weighted by molar-refractivity contribution is -0.138. The quantitative estimate of drug-likeness (QED) is 0.896. The van der Waals surface area contributed by atoms with Gasteiger partial charge in [-0.05, 0) is 52.4 Å². The maximum Gasteiger partial charge on any atom is 0.325 e. The van der Waals surface area contributed by atoms with Crippen LogP contribution < -0.4 is 10.5 Å². The van der Waals surface area contributed by atoms with E-state index in [-0.39, 0.29) is 0 Å². The van der Waals surface area contributed by atoms with Gasteiger partial charge in [0.2, 0.25) is 0 Å². The van der Waals surface area contributed by atoms with E-state index in [0.717, 1.165) is 23.7 Å². The number of ether oxygens (including phenoxy) is 1. The van der Waals surface area contributed by atoms with Crippen LogP contribution in [0, 0.1) is 0 Å². The number of carbonyl (C=O) groups is 1. The van der Waals surface area contributed by atoms with E-state index in [1.165, 1.54) is 18.2 Å². The first-order valence-electron chi connectivity index (χ1n) is 5.42. The number of carboxylic acid groups (broad SMARTS) is 1. The second-order valence-corrected chi connectivity index (χ2v) is 4.91. The molecule has 0 saturated heterocycles. The van der Waals surface area contributed by atoms with Gasteiger partial charge in [-0.1, -0.05) is 0 Å². The van der Waals surface area contributed by atoms with Gasteiger partial charge < -0.3 is 15.6 Å². The second kappa shape index (κ2) is 4.66. The van der Waals surface area contributed by atoms with Crippen molar-refractivity contribution < 1.29 is 14.6 Å². The van der Waals surface area contributed by atoms with Crippen LogP contribution in [0.15, 0.2) is 10.5 Å². The third-order valence-electron chi connectivity index (χ3n) is 3.12. The van der Waals surface area contributed by atoms with Gasteiger partial charge in [-0.25, -0.2) is 0 Å². The van der Waals surface area contributed by atoms with E-state index in [2.05, 4.69) is 15.9 Å². The first kappa shape index (κ1) is 12.4. The van der Waals surface area contributed by atoms with Gasteiger partial charge in [0.1, 0.15) is 11.8 Å². The number of hydrogen-bond acceptors (Lipinski definition) is 3. The molecule has 1 atom stereocenters. The lowest BCUT2D eigenvalue weighted by Gasteiger charge is -2.17. The van der Waals surface area contributed by atoms with Gasteiger partial charge in [-0.15, -0.1) is 0 Å². The van der Waals surface area contributed by atoms with Crippen LogP contribution in [-0.2, 0) is 17.6 Å². The van der Waals surface area contributed by atoms with Crippen molar-refractivity contribution in [2.24, 2.45) is 5.73 Å². The molecular weight excluding hydrogens is 286 g/mol. The molecule has 0 heterocycles. The summed E-state index contributed by atoms with van der Waals surface area (Å²) in [4.78, 5) is 11.0. The number of methoxy groups -OCH3 is 1.